The number of imidazole rings is 1. The molecule has 33 heavy (non-hydrogen) atoms. The lowest BCUT2D eigenvalue weighted by molar-refractivity contribution is -0.115. The molecule has 0 saturated heterocycles. The van der Waals surface area contributed by atoms with Gasteiger partial charge in [-0.05, 0) is 72.7 Å². The van der Waals surface area contributed by atoms with Gasteiger partial charge in [0.15, 0.2) is 4.77 Å². The van der Waals surface area contributed by atoms with Gasteiger partial charge in [-0.15, -0.1) is 0 Å². The fraction of sp³-hybridized carbons (Fsp3) is 0.120. The van der Waals surface area contributed by atoms with E-state index >= 15 is 0 Å². The molecule has 168 valence electrons. The van der Waals surface area contributed by atoms with Crippen LogP contribution in [0.3, 0.4) is 0 Å². The zero-order valence-corrected chi connectivity index (χ0v) is 19.1. The molecule has 0 atom stereocenters. The average Bonchev–Trinajstić information content (AvgIpc) is 3.03. The second-order valence-corrected chi connectivity index (χ2v) is 8.29. The number of rotatable bonds is 7. The monoisotopic (exact) mass is 481 g/mol. The van der Waals surface area contributed by atoms with Crippen LogP contribution in [0.4, 0.5) is 10.1 Å². The molecule has 1 heterocycles. The van der Waals surface area contributed by atoms with Crippen LogP contribution in [-0.2, 0) is 24.2 Å². The summed E-state index contributed by atoms with van der Waals surface area (Å²) < 4.78 is 16.9. The third-order valence-electron chi connectivity index (χ3n) is 5.23. The van der Waals surface area contributed by atoms with Gasteiger partial charge in [-0.1, -0.05) is 41.9 Å². The molecule has 0 spiro atoms. The summed E-state index contributed by atoms with van der Waals surface area (Å²) in [5.41, 5.74) is 2.59. The van der Waals surface area contributed by atoms with E-state index < -0.39 is 5.82 Å². The Balaban J connectivity index is 1.68. The van der Waals surface area contributed by atoms with E-state index in [0.717, 1.165) is 5.56 Å². The molecule has 0 aliphatic rings. The number of aryl methyl sites for hydroxylation is 1. The predicted octanol–water partition coefficient (Wildman–Crippen LogP) is 5.93. The summed E-state index contributed by atoms with van der Waals surface area (Å²) in [7, 11) is 0. The van der Waals surface area contributed by atoms with Crippen molar-refractivity contribution in [2.45, 2.75) is 19.4 Å². The quantitative estimate of drug-likeness (QED) is 0.322. The van der Waals surface area contributed by atoms with E-state index in [1.165, 1.54) is 28.8 Å². The summed E-state index contributed by atoms with van der Waals surface area (Å²) >= 11 is 11.6. The summed E-state index contributed by atoms with van der Waals surface area (Å²) in [5.74, 6) is -0.830. The number of anilines is 1. The first-order valence-corrected chi connectivity index (χ1v) is 11.1. The molecule has 0 unspecified atom stereocenters. The first-order chi connectivity index (χ1) is 15.9. The van der Waals surface area contributed by atoms with Crippen LogP contribution in [0.5, 0.6) is 5.88 Å². The van der Waals surface area contributed by atoms with Gasteiger partial charge in [0.05, 0.1) is 17.8 Å². The third kappa shape index (κ3) is 5.32. The van der Waals surface area contributed by atoms with Gasteiger partial charge in [0.1, 0.15) is 5.82 Å². The Morgan fingerprint density at radius 1 is 1.00 bits per heavy atom. The summed E-state index contributed by atoms with van der Waals surface area (Å²) in [6, 6.07) is 22.2. The van der Waals surface area contributed by atoms with Crippen molar-refractivity contribution >= 4 is 35.4 Å². The summed E-state index contributed by atoms with van der Waals surface area (Å²) in [5, 5.41) is 14.5. The van der Waals surface area contributed by atoms with Gasteiger partial charge in [0, 0.05) is 17.3 Å². The standard InChI is InChI=1S/C25H21ClFN3O2S/c26-18-8-6-17(7-9-18)14-15-29-22(16-23(31)28-20-4-2-1-3-5-20)24(32)30(25(29)33)21-12-10-19(27)11-13-21/h1-13,32H,14-16H2,(H,28,31). The smallest absolute Gasteiger partial charge is 0.230 e. The molecule has 1 aromatic heterocycles. The van der Waals surface area contributed by atoms with E-state index in [1.54, 1.807) is 16.7 Å². The van der Waals surface area contributed by atoms with Gasteiger partial charge in [-0.25, -0.2) is 4.39 Å². The average molecular weight is 482 g/mol. The maximum absolute atomic E-state index is 13.4. The van der Waals surface area contributed by atoms with Gasteiger partial charge in [-0.2, -0.15) is 0 Å². The van der Waals surface area contributed by atoms with Crippen LogP contribution >= 0.6 is 23.8 Å². The number of halogens is 2. The van der Waals surface area contributed by atoms with E-state index in [9.17, 15) is 14.3 Å². The number of benzene rings is 3. The van der Waals surface area contributed by atoms with Gasteiger partial charge in [0.2, 0.25) is 11.8 Å². The van der Waals surface area contributed by atoms with Crippen molar-refractivity contribution < 1.29 is 14.3 Å². The SMILES string of the molecule is O=C(Cc1c(O)n(-c2ccc(F)cc2)c(=S)n1CCc1ccc(Cl)cc1)Nc1ccccc1. The summed E-state index contributed by atoms with van der Waals surface area (Å²) in [6.07, 6.45) is 0.533. The molecule has 4 rings (SSSR count). The minimum Gasteiger partial charge on any atom is -0.493 e. The van der Waals surface area contributed by atoms with E-state index in [0.29, 0.717) is 39.8 Å². The summed E-state index contributed by atoms with van der Waals surface area (Å²) in [6.45, 7) is 0.441. The van der Waals surface area contributed by atoms with Crippen LogP contribution in [0.2, 0.25) is 5.02 Å². The molecule has 2 N–H and O–H groups in total. The van der Waals surface area contributed by atoms with Gasteiger partial charge < -0.3 is 15.0 Å². The number of carbonyl (C=O) groups is 1. The van der Waals surface area contributed by atoms with Crippen molar-refractivity contribution in [3.8, 4) is 11.6 Å². The Bertz CT molecular complexity index is 1320. The Hall–Kier alpha value is -3.42. The van der Waals surface area contributed by atoms with Gasteiger partial charge in [0.25, 0.3) is 0 Å². The second-order valence-electron chi connectivity index (χ2n) is 7.48. The van der Waals surface area contributed by atoms with Crippen molar-refractivity contribution in [2.24, 2.45) is 0 Å². The number of amides is 1. The van der Waals surface area contributed by atoms with Crippen LogP contribution in [-0.4, -0.2) is 20.1 Å². The number of aromatic hydroxyl groups is 1. The highest BCUT2D eigenvalue weighted by Crippen LogP contribution is 2.27. The van der Waals surface area contributed by atoms with Crippen LogP contribution in [0.25, 0.3) is 5.69 Å². The number of para-hydroxylation sites is 1. The first kappa shape index (κ1) is 22.8. The Labute approximate surface area is 200 Å². The normalized spacial score (nSPS) is 10.8. The molecule has 3 aromatic carbocycles. The van der Waals surface area contributed by atoms with E-state index in [4.69, 9.17) is 23.8 Å². The topological polar surface area (TPSA) is 59.2 Å². The highest BCUT2D eigenvalue weighted by molar-refractivity contribution is 7.71. The van der Waals surface area contributed by atoms with Crippen molar-refractivity contribution in [2.75, 3.05) is 5.32 Å². The van der Waals surface area contributed by atoms with E-state index in [1.807, 2.05) is 42.5 Å². The number of nitrogens with one attached hydrogen (secondary N) is 1. The second kappa shape index (κ2) is 10.0. The Morgan fingerprint density at radius 3 is 2.33 bits per heavy atom. The molecule has 0 aliphatic carbocycles. The van der Waals surface area contributed by atoms with Gasteiger partial charge in [-0.3, -0.25) is 9.36 Å². The maximum atomic E-state index is 13.4. The largest absolute Gasteiger partial charge is 0.493 e. The minimum absolute atomic E-state index is 0.0841. The van der Waals surface area contributed by atoms with Crippen LogP contribution in [0.15, 0.2) is 78.9 Å². The number of carbonyl (C=O) groups excluding carboxylic acids is 1. The number of nitrogens with zero attached hydrogens (tertiary/aromatic N) is 2. The van der Waals surface area contributed by atoms with Crippen LogP contribution < -0.4 is 5.32 Å². The molecule has 5 nitrogen and oxygen atoms in total. The lowest BCUT2D eigenvalue weighted by atomic mass is 10.1. The lowest BCUT2D eigenvalue weighted by Crippen LogP contribution is -2.17. The van der Waals surface area contributed by atoms with Crippen molar-refractivity contribution in [1.29, 1.82) is 0 Å². The zero-order valence-electron chi connectivity index (χ0n) is 17.5. The molecule has 1 amide bonds. The van der Waals surface area contributed by atoms with Crippen LogP contribution in [0, 0.1) is 10.6 Å². The predicted molar refractivity (Wildman–Crippen MR) is 130 cm³/mol. The van der Waals surface area contributed by atoms with Crippen LogP contribution in [0.1, 0.15) is 11.3 Å². The lowest BCUT2D eigenvalue weighted by Gasteiger charge is -2.09. The highest BCUT2D eigenvalue weighted by atomic mass is 35.5. The van der Waals surface area contributed by atoms with Crippen molar-refractivity contribution in [3.63, 3.8) is 0 Å². The van der Waals surface area contributed by atoms with E-state index in [-0.39, 0.29) is 18.2 Å². The molecule has 0 bridgehead atoms. The summed E-state index contributed by atoms with van der Waals surface area (Å²) in [4.78, 5) is 12.8. The molecule has 8 heteroatoms. The van der Waals surface area contributed by atoms with Gasteiger partial charge >= 0.3 is 0 Å². The fourth-order valence-electron chi connectivity index (χ4n) is 3.58. The molecular weight excluding hydrogens is 461 g/mol. The molecular formula is C25H21ClFN3O2S. The molecule has 0 aliphatic heterocycles. The molecule has 0 fully saturated rings. The van der Waals surface area contributed by atoms with Crippen molar-refractivity contribution in [1.82, 2.24) is 9.13 Å². The zero-order chi connectivity index (χ0) is 23.4. The number of aromatic nitrogens is 2. The van der Waals surface area contributed by atoms with Crippen molar-refractivity contribution in [3.05, 3.63) is 106 Å². The fourth-order valence-corrected chi connectivity index (χ4v) is 4.09. The maximum Gasteiger partial charge on any atom is 0.230 e. The highest BCUT2D eigenvalue weighted by Gasteiger charge is 2.21. The minimum atomic E-state index is -0.394. The number of hydrogen-bond donors (Lipinski definition) is 2. The molecule has 0 radical (unpaired) electrons. The Morgan fingerprint density at radius 2 is 1.67 bits per heavy atom. The first-order valence-electron chi connectivity index (χ1n) is 10.3. The van der Waals surface area contributed by atoms with E-state index in [2.05, 4.69) is 5.32 Å². The Kier molecular flexibility index (Phi) is 6.91. The molecule has 0 saturated carbocycles. The number of hydrogen-bond acceptors (Lipinski definition) is 3. The third-order valence-corrected chi connectivity index (χ3v) is 5.88. The molecule has 4 aromatic rings.